The van der Waals surface area contributed by atoms with E-state index < -0.39 is 0 Å². The fourth-order valence-electron chi connectivity index (χ4n) is 2.16. The van der Waals surface area contributed by atoms with Gasteiger partial charge in [0.2, 0.25) is 0 Å². The maximum atomic E-state index is 11.1. The largest absolute Gasteiger partial charge is 0.381 e. The summed E-state index contributed by atoms with van der Waals surface area (Å²) in [5.74, 6) is 0.884. The number of ether oxygens (including phenoxy) is 1. The second kappa shape index (κ2) is 5.26. The van der Waals surface area contributed by atoms with Crippen molar-refractivity contribution in [3.8, 4) is 0 Å². The SMILES string of the molecule is CC(=O)c1ccc(CC2CCOCC2)cc1. The van der Waals surface area contributed by atoms with E-state index in [-0.39, 0.29) is 5.78 Å². The van der Waals surface area contributed by atoms with E-state index in [1.54, 1.807) is 6.92 Å². The first-order chi connectivity index (χ1) is 7.75. The average molecular weight is 218 g/mol. The molecule has 0 aromatic heterocycles. The predicted octanol–water partition coefficient (Wildman–Crippen LogP) is 2.86. The number of carbonyl (C=O) groups is 1. The van der Waals surface area contributed by atoms with Crippen molar-refractivity contribution in [1.82, 2.24) is 0 Å². The minimum Gasteiger partial charge on any atom is -0.381 e. The van der Waals surface area contributed by atoms with Crippen molar-refractivity contribution in [2.24, 2.45) is 5.92 Å². The van der Waals surface area contributed by atoms with E-state index in [1.165, 1.54) is 5.56 Å². The Labute approximate surface area is 96.6 Å². The molecular weight excluding hydrogens is 200 g/mol. The highest BCUT2D eigenvalue weighted by Crippen LogP contribution is 2.20. The van der Waals surface area contributed by atoms with E-state index in [0.717, 1.165) is 44.0 Å². The van der Waals surface area contributed by atoms with Gasteiger partial charge in [-0.05, 0) is 37.7 Å². The first-order valence-corrected chi connectivity index (χ1v) is 5.93. The van der Waals surface area contributed by atoms with Crippen molar-refractivity contribution in [1.29, 1.82) is 0 Å². The number of carbonyl (C=O) groups excluding carboxylic acids is 1. The van der Waals surface area contributed by atoms with Crippen molar-refractivity contribution in [3.05, 3.63) is 35.4 Å². The summed E-state index contributed by atoms with van der Waals surface area (Å²) in [6.45, 7) is 3.40. The van der Waals surface area contributed by atoms with Crippen LogP contribution in [-0.4, -0.2) is 19.0 Å². The quantitative estimate of drug-likeness (QED) is 0.729. The van der Waals surface area contributed by atoms with E-state index in [9.17, 15) is 4.79 Å². The number of ketones is 1. The lowest BCUT2D eigenvalue weighted by atomic mass is 9.92. The molecule has 1 aromatic carbocycles. The van der Waals surface area contributed by atoms with E-state index in [0.29, 0.717) is 0 Å². The van der Waals surface area contributed by atoms with E-state index in [2.05, 4.69) is 12.1 Å². The minimum absolute atomic E-state index is 0.137. The summed E-state index contributed by atoms with van der Waals surface area (Å²) in [7, 11) is 0. The second-order valence-electron chi connectivity index (χ2n) is 4.51. The van der Waals surface area contributed by atoms with Crippen molar-refractivity contribution in [3.63, 3.8) is 0 Å². The molecule has 1 saturated heterocycles. The third-order valence-corrected chi connectivity index (χ3v) is 3.23. The zero-order valence-corrected chi connectivity index (χ0v) is 9.74. The fourth-order valence-corrected chi connectivity index (χ4v) is 2.16. The molecule has 2 nitrogen and oxygen atoms in total. The van der Waals surface area contributed by atoms with Gasteiger partial charge in [0.1, 0.15) is 0 Å². The van der Waals surface area contributed by atoms with E-state index >= 15 is 0 Å². The highest BCUT2D eigenvalue weighted by molar-refractivity contribution is 5.93. The van der Waals surface area contributed by atoms with Crippen LogP contribution >= 0.6 is 0 Å². The maximum absolute atomic E-state index is 11.1. The van der Waals surface area contributed by atoms with Gasteiger partial charge in [-0.25, -0.2) is 0 Å². The van der Waals surface area contributed by atoms with E-state index in [1.807, 2.05) is 12.1 Å². The summed E-state index contributed by atoms with van der Waals surface area (Å²) in [5, 5.41) is 0. The molecule has 0 saturated carbocycles. The molecule has 0 N–H and O–H groups in total. The molecule has 2 rings (SSSR count). The lowest BCUT2D eigenvalue weighted by Gasteiger charge is -2.21. The second-order valence-corrected chi connectivity index (χ2v) is 4.51. The predicted molar refractivity (Wildman–Crippen MR) is 63.7 cm³/mol. The third kappa shape index (κ3) is 2.92. The Balaban J connectivity index is 1.96. The lowest BCUT2D eigenvalue weighted by molar-refractivity contribution is 0.0665. The first-order valence-electron chi connectivity index (χ1n) is 5.93. The molecule has 1 aliphatic heterocycles. The van der Waals surface area contributed by atoms with Crippen molar-refractivity contribution in [2.75, 3.05) is 13.2 Å². The zero-order chi connectivity index (χ0) is 11.4. The van der Waals surface area contributed by atoms with Crippen LogP contribution in [0.4, 0.5) is 0 Å². The number of rotatable bonds is 3. The Morgan fingerprint density at radius 2 is 1.88 bits per heavy atom. The van der Waals surface area contributed by atoms with E-state index in [4.69, 9.17) is 4.74 Å². The van der Waals surface area contributed by atoms with Crippen LogP contribution in [0.5, 0.6) is 0 Å². The number of hydrogen-bond donors (Lipinski definition) is 0. The third-order valence-electron chi connectivity index (χ3n) is 3.23. The van der Waals surface area contributed by atoms with Gasteiger partial charge < -0.3 is 4.74 Å². The molecule has 0 bridgehead atoms. The summed E-state index contributed by atoms with van der Waals surface area (Å²) in [4.78, 5) is 11.1. The normalized spacial score (nSPS) is 17.3. The first kappa shape index (κ1) is 11.3. The highest BCUT2D eigenvalue weighted by atomic mass is 16.5. The number of hydrogen-bond acceptors (Lipinski definition) is 2. The van der Waals surface area contributed by atoms with Gasteiger partial charge in [-0.2, -0.15) is 0 Å². The van der Waals surface area contributed by atoms with Crippen LogP contribution in [0.3, 0.4) is 0 Å². The number of benzene rings is 1. The van der Waals surface area contributed by atoms with Crippen molar-refractivity contribution in [2.45, 2.75) is 26.2 Å². The minimum atomic E-state index is 0.137. The zero-order valence-electron chi connectivity index (χ0n) is 9.74. The Morgan fingerprint density at radius 1 is 1.25 bits per heavy atom. The summed E-state index contributed by atoms with van der Waals surface area (Å²) in [5.41, 5.74) is 2.13. The molecule has 16 heavy (non-hydrogen) atoms. The van der Waals surface area contributed by atoms with Crippen LogP contribution in [-0.2, 0) is 11.2 Å². The molecule has 1 heterocycles. The van der Waals surface area contributed by atoms with Gasteiger partial charge in [-0.3, -0.25) is 4.79 Å². The maximum Gasteiger partial charge on any atom is 0.159 e. The van der Waals surface area contributed by atoms with Crippen LogP contribution in [0.25, 0.3) is 0 Å². The average Bonchev–Trinajstić information content (AvgIpc) is 2.31. The lowest BCUT2D eigenvalue weighted by Crippen LogP contribution is -2.17. The van der Waals surface area contributed by atoms with Crippen LogP contribution in [0, 0.1) is 5.92 Å². The van der Waals surface area contributed by atoms with Gasteiger partial charge in [-0.1, -0.05) is 24.3 Å². The molecule has 86 valence electrons. The van der Waals surface area contributed by atoms with Gasteiger partial charge in [0.15, 0.2) is 5.78 Å². The Morgan fingerprint density at radius 3 is 2.44 bits per heavy atom. The summed E-state index contributed by atoms with van der Waals surface area (Å²) < 4.78 is 5.34. The summed E-state index contributed by atoms with van der Waals surface area (Å²) >= 11 is 0. The smallest absolute Gasteiger partial charge is 0.159 e. The standard InChI is InChI=1S/C14H18O2/c1-11(15)14-4-2-12(3-5-14)10-13-6-8-16-9-7-13/h2-5,13H,6-10H2,1H3. The highest BCUT2D eigenvalue weighted by Gasteiger charge is 2.14. The molecule has 1 fully saturated rings. The van der Waals surface area contributed by atoms with Crippen LogP contribution in [0.1, 0.15) is 35.7 Å². The summed E-state index contributed by atoms with van der Waals surface area (Å²) in [6.07, 6.45) is 3.43. The molecular formula is C14H18O2. The Hall–Kier alpha value is -1.15. The van der Waals surface area contributed by atoms with Crippen LogP contribution < -0.4 is 0 Å². The van der Waals surface area contributed by atoms with Gasteiger partial charge >= 0.3 is 0 Å². The van der Waals surface area contributed by atoms with Gasteiger partial charge in [-0.15, -0.1) is 0 Å². The van der Waals surface area contributed by atoms with Crippen molar-refractivity contribution < 1.29 is 9.53 Å². The molecule has 0 spiro atoms. The Kier molecular flexibility index (Phi) is 3.73. The van der Waals surface area contributed by atoms with Gasteiger partial charge in [0.05, 0.1) is 0 Å². The molecule has 0 amide bonds. The molecule has 0 aliphatic carbocycles. The topological polar surface area (TPSA) is 26.3 Å². The molecule has 0 unspecified atom stereocenters. The Bertz CT molecular complexity index is 348. The molecule has 1 aromatic rings. The van der Waals surface area contributed by atoms with Gasteiger partial charge in [0, 0.05) is 18.8 Å². The molecule has 1 aliphatic rings. The van der Waals surface area contributed by atoms with Gasteiger partial charge in [0.25, 0.3) is 0 Å². The molecule has 2 heteroatoms. The van der Waals surface area contributed by atoms with Crippen molar-refractivity contribution >= 4 is 5.78 Å². The van der Waals surface area contributed by atoms with Crippen LogP contribution in [0.15, 0.2) is 24.3 Å². The molecule has 0 radical (unpaired) electrons. The fraction of sp³-hybridized carbons (Fsp3) is 0.500. The monoisotopic (exact) mass is 218 g/mol. The number of Topliss-reactive ketones (excluding diaryl/α,β-unsaturated/α-hetero) is 1. The summed E-state index contributed by atoms with van der Waals surface area (Å²) in [6, 6.07) is 8.01. The van der Waals surface area contributed by atoms with Crippen LogP contribution in [0.2, 0.25) is 0 Å². The molecule has 0 atom stereocenters.